The van der Waals surface area contributed by atoms with Crippen LogP contribution in [0.1, 0.15) is 57.4 Å². The number of hydrogen-bond donors (Lipinski definition) is 2. The minimum absolute atomic E-state index is 0.217. The van der Waals surface area contributed by atoms with Gasteiger partial charge in [-0.15, -0.1) is 0 Å². The molecule has 154 valence electrons. The van der Waals surface area contributed by atoms with E-state index in [1.165, 1.54) is 19.3 Å². The molecule has 1 aromatic carbocycles. The number of ether oxygens (including phenoxy) is 1. The van der Waals surface area contributed by atoms with E-state index in [1.54, 1.807) is 4.90 Å². The van der Waals surface area contributed by atoms with Crippen molar-refractivity contribution >= 4 is 11.9 Å². The number of amides is 1. The van der Waals surface area contributed by atoms with Crippen LogP contribution in [0.5, 0.6) is 5.75 Å². The van der Waals surface area contributed by atoms with Gasteiger partial charge in [0.05, 0.1) is 12.6 Å². The van der Waals surface area contributed by atoms with Crippen molar-refractivity contribution < 1.29 is 9.53 Å². The summed E-state index contributed by atoms with van der Waals surface area (Å²) in [5.74, 6) is 1.97. The highest BCUT2D eigenvalue weighted by molar-refractivity contribution is 5.81. The Labute approximate surface area is 168 Å². The summed E-state index contributed by atoms with van der Waals surface area (Å²) in [6.07, 6.45) is 8.00. The monoisotopic (exact) mass is 386 g/mol. The molecule has 1 aromatic rings. The number of carbonyl (C=O) groups excluding carboxylic acids is 1. The minimum atomic E-state index is 0.217. The van der Waals surface area contributed by atoms with Crippen LogP contribution in [-0.2, 0) is 11.3 Å². The van der Waals surface area contributed by atoms with E-state index in [4.69, 9.17) is 9.73 Å². The van der Waals surface area contributed by atoms with E-state index >= 15 is 0 Å². The fourth-order valence-electron chi connectivity index (χ4n) is 3.91. The maximum absolute atomic E-state index is 11.7. The maximum Gasteiger partial charge on any atom is 0.222 e. The summed E-state index contributed by atoms with van der Waals surface area (Å²) in [5, 5.41) is 6.78. The number of likely N-dealkylation sites (tertiary alicyclic amines) is 1. The van der Waals surface area contributed by atoms with Crippen molar-refractivity contribution in [3.05, 3.63) is 29.8 Å². The molecule has 2 N–H and O–H groups in total. The second-order valence-corrected chi connectivity index (χ2v) is 7.87. The molecule has 0 bridgehead atoms. The second kappa shape index (κ2) is 10.3. The molecule has 1 atom stereocenters. The lowest BCUT2D eigenvalue weighted by Crippen LogP contribution is -2.51. The molecule has 0 radical (unpaired) electrons. The van der Waals surface area contributed by atoms with Gasteiger partial charge in [-0.1, -0.05) is 18.6 Å². The lowest BCUT2D eigenvalue weighted by molar-refractivity contribution is -0.132. The average Bonchev–Trinajstić information content (AvgIpc) is 2.70. The molecule has 1 aliphatic carbocycles. The molecule has 1 amide bonds. The van der Waals surface area contributed by atoms with Gasteiger partial charge in [0, 0.05) is 32.6 Å². The number of carbonyl (C=O) groups is 1. The Balaban J connectivity index is 1.57. The summed E-state index contributed by atoms with van der Waals surface area (Å²) in [6, 6.07) is 8.52. The van der Waals surface area contributed by atoms with E-state index in [1.807, 2.05) is 19.2 Å². The van der Waals surface area contributed by atoms with Crippen molar-refractivity contribution in [2.75, 3.05) is 20.1 Å². The molecule has 2 fully saturated rings. The Morgan fingerprint density at radius 1 is 1.25 bits per heavy atom. The van der Waals surface area contributed by atoms with Crippen LogP contribution in [0, 0.1) is 0 Å². The number of hydrogen-bond acceptors (Lipinski definition) is 3. The van der Waals surface area contributed by atoms with Gasteiger partial charge in [0.25, 0.3) is 0 Å². The van der Waals surface area contributed by atoms with Crippen LogP contribution in [-0.4, -0.2) is 49.0 Å². The van der Waals surface area contributed by atoms with Gasteiger partial charge in [-0.25, -0.2) is 4.99 Å². The van der Waals surface area contributed by atoms with Crippen LogP contribution >= 0.6 is 0 Å². The topological polar surface area (TPSA) is 66.0 Å². The molecule has 1 aliphatic heterocycles. The Morgan fingerprint density at radius 3 is 2.82 bits per heavy atom. The average molecular weight is 387 g/mol. The third-order valence-corrected chi connectivity index (χ3v) is 5.48. The Kier molecular flexibility index (Phi) is 7.57. The van der Waals surface area contributed by atoms with Gasteiger partial charge in [0.15, 0.2) is 5.96 Å². The highest BCUT2D eigenvalue weighted by Gasteiger charge is 2.23. The van der Waals surface area contributed by atoms with Crippen LogP contribution in [0.4, 0.5) is 0 Å². The summed E-state index contributed by atoms with van der Waals surface area (Å²) in [6.45, 7) is 4.18. The molecule has 1 heterocycles. The van der Waals surface area contributed by atoms with Crippen molar-refractivity contribution in [1.82, 2.24) is 15.5 Å². The van der Waals surface area contributed by atoms with Crippen molar-refractivity contribution in [2.24, 2.45) is 4.99 Å². The first kappa shape index (κ1) is 20.5. The Hall–Kier alpha value is -2.24. The Morgan fingerprint density at radius 2 is 2.07 bits per heavy atom. The summed E-state index contributed by atoms with van der Waals surface area (Å²) >= 11 is 0. The largest absolute Gasteiger partial charge is 0.490 e. The van der Waals surface area contributed by atoms with E-state index in [0.29, 0.717) is 25.6 Å². The standard InChI is InChI=1S/C22H34N4O2/c1-3-23-22(25-18-12-13-21(27)26(2)16-18)24-15-17-8-7-11-20(14-17)28-19-9-5-4-6-10-19/h7-8,11,14,18-19H,3-6,9-10,12-13,15-16H2,1-2H3,(H2,23,24,25). The SMILES string of the molecule is CCNC(=NCc1cccc(OC2CCCCC2)c1)NC1CCC(=O)N(C)C1. The van der Waals surface area contributed by atoms with Crippen LogP contribution in [0.25, 0.3) is 0 Å². The number of benzene rings is 1. The minimum Gasteiger partial charge on any atom is -0.490 e. The molecule has 6 nitrogen and oxygen atoms in total. The zero-order valence-corrected chi connectivity index (χ0v) is 17.2. The van der Waals surface area contributed by atoms with Gasteiger partial charge >= 0.3 is 0 Å². The fraction of sp³-hybridized carbons (Fsp3) is 0.636. The molecule has 1 unspecified atom stereocenters. The zero-order chi connectivity index (χ0) is 19.8. The quantitative estimate of drug-likeness (QED) is 0.582. The van der Waals surface area contributed by atoms with Crippen molar-refractivity contribution in [1.29, 1.82) is 0 Å². The third kappa shape index (κ3) is 6.14. The van der Waals surface area contributed by atoms with E-state index in [0.717, 1.165) is 43.1 Å². The summed E-state index contributed by atoms with van der Waals surface area (Å²) in [4.78, 5) is 18.2. The van der Waals surface area contributed by atoms with E-state index < -0.39 is 0 Å². The fourth-order valence-corrected chi connectivity index (χ4v) is 3.91. The molecule has 3 rings (SSSR count). The summed E-state index contributed by atoms with van der Waals surface area (Å²) in [5.41, 5.74) is 1.14. The van der Waals surface area contributed by atoms with Crippen molar-refractivity contribution in [2.45, 2.75) is 70.6 Å². The maximum atomic E-state index is 11.7. The highest BCUT2D eigenvalue weighted by Crippen LogP contribution is 2.24. The molecule has 28 heavy (non-hydrogen) atoms. The summed E-state index contributed by atoms with van der Waals surface area (Å²) < 4.78 is 6.18. The third-order valence-electron chi connectivity index (χ3n) is 5.48. The number of nitrogens with one attached hydrogen (secondary N) is 2. The molecule has 1 saturated heterocycles. The smallest absolute Gasteiger partial charge is 0.222 e. The second-order valence-electron chi connectivity index (χ2n) is 7.87. The molecule has 1 saturated carbocycles. The highest BCUT2D eigenvalue weighted by atomic mass is 16.5. The first-order valence-corrected chi connectivity index (χ1v) is 10.7. The van der Waals surface area contributed by atoms with E-state index in [9.17, 15) is 4.79 Å². The van der Waals surface area contributed by atoms with Crippen LogP contribution in [0.2, 0.25) is 0 Å². The summed E-state index contributed by atoms with van der Waals surface area (Å²) in [7, 11) is 1.86. The van der Waals surface area contributed by atoms with Gasteiger partial charge < -0.3 is 20.3 Å². The lowest BCUT2D eigenvalue weighted by Gasteiger charge is -2.31. The van der Waals surface area contributed by atoms with Crippen LogP contribution < -0.4 is 15.4 Å². The first-order valence-electron chi connectivity index (χ1n) is 10.7. The molecule has 2 aliphatic rings. The molecular formula is C22H34N4O2. The van der Waals surface area contributed by atoms with Crippen molar-refractivity contribution in [3.63, 3.8) is 0 Å². The zero-order valence-electron chi connectivity index (χ0n) is 17.2. The first-order chi connectivity index (χ1) is 13.6. The van der Waals surface area contributed by atoms with Gasteiger partial charge in [-0.3, -0.25) is 4.79 Å². The number of guanidine groups is 1. The molecule has 6 heteroatoms. The predicted molar refractivity (Wildman–Crippen MR) is 113 cm³/mol. The molecule has 0 aromatic heterocycles. The number of likely N-dealkylation sites (N-methyl/N-ethyl adjacent to an activating group) is 1. The van der Waals surface area contributed by atoms with Gasteiger partial charge in [-0.05, 0) is 56.7 Å². The number of nitrogens with zero attached hydrogens (tertiary/aromatic N) is 2. The number of piperidine rings is 1. The normalized spacial score (nSPS) is 21.5. The predicted octanol–water partition coefficient (Wildman–Crippen LogP) is 3.07. The molecular weight excluding hydrogens is 352 g/mol. The van der Waals surface area contributed by atoms with Crippen LogP contribution in [0.15, 0.2) is 29.3 Å². The lowest BCUT2D eigenvalue weighted by atomic mass is 9.98. The number of rotatable bonds is 6. The number of aliphatic imine (C=N–C) groups is 1. The molecule has 0 spiro atoms. The van der Waals surface area contributed by atoms with Gasteiger partial charge in [0.2, 0.25) is 5.91 Å². The van der Waals surface area contributed by atoms with Gasteiger partial charge in [-0.2, -0.15) is 0 Å². The van der Waals surface area contributed by atoms with E-state index in [-0.39, 0.29) is 11.9 Å². The van der Waals surface area contributed by atoms with E-state index in [2.05, 4.69) is 29.7 Å². The van der Waals surface area contributed by atoms with Gasteiger partial charge in [0.1, 0.15) is 5.75 Å². The van der Waals surface area contributed by atoms with Crippen LogP contribution in [0.3, 0.4) is 0 Å². The Bertz CT molecular complexity index is 670. The van der Waals surface area contributed by atoms with Crippen molar-refractivity contribution in [3.8, 4) is 5.75 Å².